The lowest BCUT2D eigenvalue weighted by Gasteiger charge is -2.20. The maximum atomic E-state index is 15.2. The molecule has 4 rings (SSSR count). The van der Waals surface area contributed by atoms with Crippen molar-refractivity contribution in [2.24, 2.45) is 0 Å². The molecular formula is C27H33FN6O. The molecule has 4 N–H and O–H groups in total. The topological polar surface area (TPSA) is 91.0 Å². The molecule has 0 spiro atoms. The number of benzene rings is 1. The van der Waals surface area contributed by atoms with Gasteiger partial charge in [0.1, 0.15) is 5.82 Å². The zero-order valence-electron chi connectivity index (χ0n) is 20.9. The van der Waals surface area contributed by atoms with Gasteiger partial charge in [-0.05, 0) is 68.3 Å². The van der Waals surface area contributed by atoms with Crippen molar-refractivity contribution in [3.63, 3.8) is 0 Å². The first kappa shape index (κ1) is 24.6. The van der Waals surface area contributed by atoms with E-state index in [0.717, 1.165) is 36.6 Å². The van der Waals surface area contributed by atoms with Gasteiger partial charge in [0.25, 0.3) is 5.91 Å². The molecule has 1 amide bonds. The second kappa shape index (κ2) is 10.00. The Bertz CT molecular complexity index is 1230. The van der Waals surface area contributed by atoms with Crippen molar-refractivity contribution in [1.29, 1.82) is 0 Å². The summed E-state index contributed by atoms with van der Waals surface area (Å²) in [6.07, 6.45) is 2.63. The van der Waals surface area contributed by atoms with E-state index in [2.05, 4.69) is 52.0 Å². The minimum atomic E-state index is -0.603. The van der Waals surface area contributed by atoms with Gasteiger partial charge < -0.3 is 21.3 Å². The summed E-state index contributed by atoms with van der Waals surface area (Å²) in [5, 5.41) is 12.5. The molecule has 1 aliphatic heterocycles. The third-order valence-electron chi connectivity index (χ3n) is 5.79. The monoisotopic (exact) mass is 476 g/mol. The average Bonchev–Trinajstić information content (AvgIpc) is 2.80. The van der Waals surface area contributed by atoms with Crippen molar-refractivity contribution in [1.82, 2.24) is 20.6 Å². The van der Waals surface area contributed by atoms with Crippen LogP contribution in [0.15, 0.2) is 42.6 Å². The second-order valence-electron chi connectivity index (χ2n) is 10.2. The van der Waals surface area contributed by atoms with Crippen molar-refractivity contribution in [2.75, 3.05) is 17.2 Å². The highest BCUT2D eigenvalue weighted by Gasteiger charge is 2.21. The number of fused-ring (bicyclic) bond motifs is 1. The van der Waals surface area contributed by atoms with E-state index in [4.69, 9.17) is 0 Å². The number of carbonyl (C=O) groups excluding carboxylic acids is 1. The molecule has 35 heavy (non-hydrogen) atoms. The van der Waals surface area contributed by atoms with Crippen LogP contribution < -0.4 is 21.3 Å². The van der Waals surface area contributed by atoms with E-state index in [9.17, 15) is 4.79 Å². The van der Waals surface area contributed by atoms with Crippen molar-refractivity contribution in [2.45, 2.75) is 59.0 Å². The number of hydrogen-bond donors (Lipinski definition) is 4. The van der Waals surface area contributed by atoms with Crippen LogP contribution in [0.3, 0.4) is 0 Å². The lowest BCUT2D eigenvalue weighted by Crippen LogP contribution is -2.31. The van der Waals surface area contributed by atoms with E-state index in [1.165, 1.54) is 17.2 Å². The molecule has 7 nitrogen and oxygen atoms in total. The summed E-state index contributed by atoms with van der Waals surface area (Å²) in [7, 11) is 0. The highest BCUT2D eigenvalue weighted by atomic mass is 19.1. The number of carbonyl (C=O) groups is 1. The molecule has 0 aliphatic carbocycles. The molecular weight excluding hydrogens is 443 g/mol. The lowest BCUT2D eigenvalue weighted by molar-refractivity contribution is 0.0943. The maximum absolute atomic E-state index is 15.2. The first-order valence-corrected chi connectivity index (χ1v) is 11.9. The molecule has 3 heterocycles. The Labute approximate surface area is 206 Å². The van der Waals surface area contributed by atoms with E-state index in [1.807, 2.05) is 38.1 Å². The SMILES string of the molecule is CC(C)NC(=O)c1cc(F)c(Nc2ccc3c(c2)CCNC3)nc1Nc1ccnc(C(C)(C)C)c1. The third-order valence-corrected chi connectivity index (χ3v) is 5.79. The van der Waals surface area contributed by atoms with Gasteiger partial charge in [0, 0.05) is 41.3 Å². The van der Waals surface area contributed by atoms with Crippen molar-refractivity contribution >= 4 is 28.9 Å². The minimum absolute atomic E-state index is 0.0487. The molecule has 1 aliphatic rings. The van der Waals surface area contributed by atoms with Crippen molar-refractivity contribution in [3.05, 3.63) is 70.8 Å². The maximum Gasteiger partial charge on any atom is 0.255 e. The van der Waals surface area contributed by atoms with Crippen LogP contribution in [0, 0.1) is 5.82 Å². The molecule has 184 valence electrons. The zero-order valence-corrected chi connectivity index (χ0v) is 20.9. The van der Waals surface area contributed by atoms with Crippen LogP contribution in [-0.2, 0) is 18.4 Å². The Morgan fingerprint density at radius 2 is 1.77 bits per heavy atom. The summed E-state index contributed by atoms with van der Waals surface area (Å²) >= 11 is 0. The number of anilines is 4. The first-order valence-electron chi connectivity index (χ1n) is 11.9. The molecule has 0 radical (unpaired) electrons. The molecule has 2 aromatic heterocycles. The molecule has 1 aromatic carbocycles. The third kappa shape index (κ3) is 5.95. The largest absolute Gasteiger partial charge is 0.350 e. The van der Waals surface area contributed by atoms with Crippen molar-refractivity contribution in [3.8, 4) is 0 Å². The summed E-state index contributed by atoms with van der Waals surface area (Å²) in [5.41, 5.74) is 4.81. The fourth-order valence-corrected chi connectivity index (χ4v) is 3.93. The normalized spacial score (nSPS) is 13.3. The fraction of sp³-hybridized carbons (Fsp3) is 0.370. The van der Waals surface area contributed by atoms with Crippen LogP contribution >= 0.6 is 0 Å². The van der Waals surface area contributed by atoms with Crippen LogP contribution in [0.25, 0.3) is 0 Å². The molecule has 0 unspecified atom stereocenters. The second-order valence-corrected chi connectivity index (χ2v) is 10.2. The Morgan fingerprint density at radius 1 is 1.03 bits per heavy atom. The van der Waals surface area contributed by atoms with Gasteiger partial charge in [0.15, 0.2) is 11.6 Å². The zero-order chi connectivity index (χ0) is 25.2. The fourth-order valence-electron chi connectivity index (χ4n) is 3.93. The molecule has 0 fully saturated rings. The molecule has 8 heteroatoms. The first-order chi connectivity index (χ1) is 16.6. The number of aromatic nitrogens is 2. The number of nitrogens with one attached hydrogen (secondary N) is 4. The van der Waals surface area contributed by atoms with Gasteiger partial charge in [0.05, 0.1) is 5.56 Å². The molecule has 3 aromatic rings. The number of rotatable bonds is 6. The Morgan fingerprint density at radius 3 is 2.51 bits per heavy atom. The quantitative estimate of drug-likeness (QED) is 0.392. The highest BCUT2D eigenvalue weighted by Crippen LogP contribution is 2.29. The molecule has 0 saturated heterocycles. The van der Waals surface area contributed by atoms with E-state index in [0.29, 0.717) is 0 Å². The van der Waals surface area contributed by atoms with E-state index in [1.54, 1.807) is 12.3 Å². The van der Waals surface area contributed by atoms with Gasteiger partial charge in [-0.2, -0.15) is 0 Å². The van der Waals surface area contributed by atoms with Gasteiger partial charge in [-0.15, -0.1) is 0 Å². The number of amides is 1. The molecule has 0 saturated carbocycles. The van der Waals surface area contributed by atoms with Crippen LogP contribution in [-0.4, -0.2) is 28.5 Å². The smallest absolute Gasteiger partial charge is 0.255 e. The van der Waals surface area contributed by atoms with E-state index >= 15 is 4.39 Å². The number of nitrogens with zero attached hydrogens (tertiary/aromatic N) is 2. The van der Waals surface area contributed by atoms with Gasteiger partial charge >= 0.3 is 0 Å². The van der Waals surface area contributed by atoms with Gasteiger partial charge in [-0.3, -0.25) is 9.78 Å². The molecule has 0 atom stereocenters. The predicted molar refractivity (Wildman–Crippen MR) is 138 cm³/mol. The summed E-state index contributed by atoms with van der Waals surface area (Å²) in [4.78, 5) is 21.8. The van der Waals surface area contributed by atoms with Crippen LogP contribution in [0.1, 0.15) is 61.8 Å². The van der Waals surface area contributed by atoms with Crippen molar-refractivity contribution < 1.29 is 9.18 Å². The van der Waals surface area contributed by atoms with E-state index < -0.39 is 11.7 Å². The van der Waals surface area contributed by atoms with Crippen LogP contribution in [0.5, 0.6) is 0 Å². The minimum Gasteiger partial charge on any atom is -0.350 e. The Balaban J connectivity index is 1.70. The van der Waals surface area contributed by atoms with Gasteiger partial charge in [-0.1, -0.05) is 26.8 Å². The molecule has 0 bridgehead atoms. The number of hydrogen-bond acceptors (Lipinski definition) is 6. The lowest BCUT2D eigenvalue weighted by atomic mass is 9.91. The Kier molecular flexibility index (Phi) is 7.03. The summed E-state index contributed by atoms with van der Waals surface area (Å²) in [5.74, 6) is -0.686. The van der Waals surface area contributed by atoms with Gasteiger partial charge in [-0.25, -0.2) is 9.37 Å². The van der Waals surface area contributed by atoms with Gasteiger partial charge in [0.2, 0.25) is 0 Å². The number of pyridine rings is 2. The van der Waals surface area contributed by atoms with Crippen LogP contribution in [0.4, 0.5) is 27.4 Å². The highest BCUT2D eigenvalue weighted by molar-refractivity contribution is 6.00. The van der Waals surface area contributed by atoms with Crippen LogP contribution in [0.2, 0.25) is 0 Å². The standard InChI is InChI=1S/C27H33FN6O/c1-16(2)31-26(35)21-14-22(28)25(33-19-7-6-18-15-29-10-8-17(18)12-19)34-24(21)32-20-9-11-30-23(13-20)27(3,4)5/h6-7,9,11-14,16,29H,8,10,15H2,1-5H3,(H,31,35)(H2,30,32,33,34). The summed E-state index contributed by atoms with van der Waals surface area (Å²) in [6.45, 7) is 11.7. The number of halogens is 1. The predicted octanol–water partition coefficient (Wildman–Crippen LogP) is 5.18. The Hall–Kier alpha value is -3.52. The summed E-state index contributed by atoms with van der Waals surface area (Å²) in [6, 6.07) is 10.8. The van der Waals surface area contributed by atoms with E-state index in [-0.39, 0.29) is 28.7 Å². The summed E-state index contributed by atoms with van der Waals surface area (Å²) < 4.78 is 15.2. The average molecular weight is 477 g/mol.